The van der Waals surface area contributed by atoms with E-state index in [2.05, 4.69) is 4.98 Å². The van der Waals surface area contributed by atoms with Crippen LogP contribution in [0.3, 0.4) is 0 Å². The monoisotopic (exact) mass is 296 g/mol. The Labute approximate surface area is 127 Å². The highest BCUT2D eigenvalue weighted by Gasteiger charge is 2.48. The summed E-state index contributed by atoms with van der Waals surface area (Å²) >= 11 is 0. The average molecular weight is 296 g/mol. The van der Waals surface area contributed by atoms with Crippen molar-refractivity contribution in [2.75, 3.05) is 0 Å². The van der Waals surface area contributed by atoms with Gasteiger partial charge in [0, 0.05) is 23.9 Å². The number of nitrogens with zero attached hydrogens (tertiary/aromatic N) is 2. The van der Waals surface area contributed by atoms with Gasteiger partial charge in [0.2, 0.25) is 5.91 Å². The van der Waals surface area contributed by atoms with Crippen molar-refractivity contribution in [1.29, 1.82) is 0 Å². The van der Waals surface area contributed by atoms with Crippen LogP contribution < -0.4 is 0 Å². The molecule has 0 bridgehead atoms. The molecule has 0 amide bonds. The molecule has 1 spiro atoms. The second-order valence-corrected chi connectivity index (χ2v) is 6.01. The van der Waals surface area contributed by atoms with E-state index in [1.165, 1.54) is 10.9 Å². The number of carbonyl (C=O) groups excluding carboxylic acids is 2. The quantitative estimate of drug-likeness (QED) is 0.759. The maximum Gasteiger partial charge on any atom is 0.339 e. The van der Waals surface area contributed by atoms with Crippen LogP contribution in [-0.4, -0.2) is 21.4 Å². The zero-order valence-electron chi connectivity index (χ0n) is 12.1. The molecule has 0 atom stereocenters. The Morgan fingerprint density at radius 3 is 2.77 bits per heavy atom. The molecule has 0 radical (unpaired) electrons. The first-order valence-corrected chi connectivity index (χ1v) is 7.55. The van der Waals surface area contributed by atoms with Gasteiger partial charge in [-0.25, -0.2) is 9.78 Å². The molecule has 112 valence electrons. The summed E-state index contributed by atoms with van der Waals surface area (Å²) in [5, 5.41) is 0. The minimum Gasteiger partial charge on any atom is -0.451 e. The highest BCUT2D eigenvalue weighted by atomic mass is 16.6. The van der Waals surface area contributed by atoms with Gasteiger partial charge in [-0.1, -0.05) is 18.2 Å². The van der Waals surface area contributed by atoms with Crippen LogP contribution in [0.15, 0.2) is 43.0 Å². The molecule has 22 heavy (non-hydrogen) atoms. The van der Waals surface area contributed by atoms with Crippen molar-refractivity contribution in [2.45, 2.75) is 31.3 Å². The van der Waals surface area contributed by atoms with Gasteiger partial charge in [-0.15, -0.1) is 0 Å². The molecule has 1 aromatic heterocycles. The first kappa shape index (κ1) is 13.2. The Bertz CT molecular complexity index is 728. The van der Waals surface area contributed by atoms with E-state index in [9.17, 15) is 9.59 Å². The van der Waals surface area contributed by atoms with Gasteiger partial charge in [-0.05, 0) is 31.7 Å². The Morgan fingerprint density at radius 1 is 1.27 bits per heavy atom. The van der Waals surface area contributed by atoms with Crippen molar-refractivity contribution >= 4 is 11.9 Å². The van der Waals surface area contributed by atoms with Gasteiger partial charge in [-0.2, -0.15) is 0 Å². The van der Waals surface area contributed by atoms with Crippen LogP contribution in [0.25, 0.3) is 0 Å². The number of benzene rings is 1. The van der Waals surface area contributed by atoms with E-state index < -0.39 is 5.60 Å². The number of hydrogen-bond donors (Lipinski definition) is 0. The lowest BCUT2D eigenvalue weighted by Gasteiger charge is -2.35. The minimum absolute atomic E-state index is 0.0358. The average Bonchev–Trinajstić information content (AvgIpc) is 3.17. The SMILES string of the molecule is O=C1OC2(CCC(C(=O)n3ccnc3)CC2)c2ccccc21. The second-order valence-electron chi connectivity index (χ2n) is 6.01. The Balaban J connectivity index is 1.55. The van der Waals surface area contributed by atoms with Crippen LogP contribution in [0.5, 0.6) is 0 Å². The summed E-state index contributed by atoms with van der Waals surface area (Å²) in [4.78, 5) is 28.4. The predicted octanol–water partition coefficient (Wildman–Crippen LogP) is 2.78. The standard InChI is InChI=1S/C17H16N2O3/c20-15(19-10-9-18-11-19)12-5-7-17(8-6-12)14-4-2-1-3-13(14)16(21)22-17/h1-4,9-12H,5-8H2. The summed E-state index contributed by atoms with van der Waals surface area (Å²) in [5.74, 6) is -0.203. The van der Waals surface area contributed by atoms with Crippen molar-refractivity contribution in [3.8, 4) is 0 Å². The van der Waals surface area contributed by atoms with E-state index in [4.69, 9.17) is 4.74 Å². The van der Waals surface area contributed by atoms with Crippen molar-refractivity contribution in [1.82, 2.24) is 9.55 Å². The molecule has 5 nitrogen and oxygen atoms in total. The van der Waals surface area contributed by atoms with Crippen LogP contribution in [-0.2, 0) is 10.3 Å². The molecule has 2 heterocycles. The Morgan fingerprint density at radius 2 is 2.05 bits per heavy atom. The fourth-order valence-electron chi connectivity index (χ4n) is 3.65. The molecule has 0 unspecified atom stereocenters. The summed E-state index contributed by atoms with van der Waals surface area (Å²) in [6.45, 7) is 0. The summed E-state index contributed by atoms with van der Waals surface area (Å²) in [6.07, 6.45) is 7.66. The van der Waals surface area contributed by atoms with Crippen LogP contribution in [0, 0.1) is 5.92 Å². The van der Waals surface area contributed by atoms with Gasteiger partial charge < -0.3 is 4.74 Å². The number of rotatable bonds is 1. The van der Waals surface area contributed by atoms with Gasteiger partial charge in [0.25, 0.3) is 0 Å². The van der Waals surface area contributed by atoms with Crippen LogP contribution >= 0.6 is 0 Å². The van der Waals surface area contributed by atoms with Crippen LogP contribution in [0.4, 0.5) is 0 Å². The molecule has 1 saturated carbocycles. The molecule has 1 aliphatic carbocycles. The molecule has 1 aliphatic heterocycles. The smallest absolute Gasteiger partial charge is 0.339 e. The maximum atomic E-state index is 12.4. The molecular weight excluding hydrogens is 280 g/mol. The number of esters is 1. The van der Waals surface area contributed by atoms with Crippen molar-refractivity contribution in [3.63, 3.8) is 0 Å². The normalized spacial score (nSPS) is 26.7. The number of carbonyl (C=O) groups is 2. The summed E-state index contributed by atoms with van der Waals surface area (Å²) in [6, 6.07) is 7.58. The molecule has 2 aliphatic rings. The molecular formula is C17H16N2O3. The number of fused-ring (bicyclic) bond motifs is 2. The molecule has 0 N–H and O–H groups in total. The Kier molecular flexibility index (Phi) is 2.89. The molecule has 5 heteroatoms. The summed E-state index contributed by atoms with van der Waals surface area (Å²) in [7, 11) is 0. The highest BCUT2D eigenvalue weighted by molar-refractivity contribution is 5.94. The third-order valence-electron chi connectivity index (χ3n) is 4.83. The molecule has 1 aromatic carbocycles. The van der Waals surface area contributed by atoms with Crippen molar-refractivity contribution < 1.29 is 14.3 Å². The summed E-state index contributed by atoms with van der Waals surface area (Å²) < 4.78 is 7.25. The number of ether oxygens (including phenoxy) is 1. The van der Waals surface area contributed by atoms with Gasteiger partial charge in [0.05, 0.1) is 5.56 Å². The van der Waals surface area contributed by atoms with E-state index in [1.807, 2.05) is 24.3 Å². The first-order valence-electron chi connectivity index (χ1n) is 7.55. The van der Waals surface area contributed by atoms with E-state index in [-0.39, 0.29) is 17.8 Å². The molecule has 0 saturated heterocycles. The topological polar surface area (TPSA) is 61.2 Å². The third-order valence-corrected chi connectivity index (χ3v) is 4.83. The lowest BCUT2D eigenvalue weighted by Crippen LogP contribution is -2.35. The zero-order chi connectivity index (χ0) is 15.2. The highest BCUT2D eigenvalue weighted by Crippen LogP contribution is 2.48. The third kappa shape index (κ3) is 1.89. The van der Waals surface area contributed by atoms with Gasteiger partial charge in [-0.3, -0.25) is 9.36 Å². The van der Waals surface area contributed by atoms with Gasteiger partial charge in [0.1, 0.15) is 11.9 Å². The molecule has 4 rings (SSSR count). The second kappa shape index (κ2) is 4.80. The Hall–Kier alpha value is -2.43. The van der Waals surface area contributed by atoms with E-state index >= 15 is 0 Å². The largest absolute Gasteiger partial charge is 0.451 e. The molecule has 1 fully saturated rings. The number of imidazole rings is 1. The lowest BCUT2D eigenvalue weighted by molar-refractivity contribution is -0.0343. The fraction of sp³-hybridized carbons (Fsp3) is 0.353. The van der Waals surface area contributed by atoms with Crippen molar-refractivity contribution in [2.24, 2.45) is 5.92 Å². The number of aromatic nitrogens is 2. The lowest BCUT2D eigenvalue weighted by atomic mass is 9.74. The van der Waals surface area contributed by atoms with Gasteiger partial charge >= 0.3 is 5.97 Å². The van der Waals surface area contributed by atoms with E-state index in [1.54, 1.807) is 12.4 Å². The molecule has 2 aromatic rings. The van der Waals surface area contributed by atoms with Gasteiger partial charge in [0.15, 0.2) is 0 Å². The van der Waals surface area contributed by atoms with Crippen molar-refractivity contribution in [3.05, 3.63) is 54.1 Å². The summed E-state index contributed by atoms with van der Waals surface area (Å²) in [5.41, 5.74) is 1.12. The predicted molar refractivity (Wildman–Crippen MR) is 78.3 cm³/mol. The van der Waals surface area contributed by atoms with E-state index in [0.717, 1.165) is 18.4 Å². The van der Waals surface area contributed by atoms with Crippen LogP contribution in [0.2, 0.25) is 0 Å². The first-order chi connectivity index (χ1) is 10.7. The van der Waals surface area contributed by atoms with E-state index in [0.29, 0.717) is 18.4 Å². The fourth-order valence-corrected chi connectivity index (χ4v) is 3.65. The minimum atomic E-state index is -0.528. The number of hydrogen-bond acceptors (Lipinski definition) is 4. The van der Waals surface area contributed by atoms with Crippen LogP contribution in [0.1, 0.15) is 46.4 Å². The zero-order valence-corrected chi connectivity index (χ0v) is 12.1. The maximum absolute atomic E-state index is 12.4.